The second kappa shape index (κ2) is 6.12. The molecule has 0 fully saturated rings. The van der Waals surface area contributed by atoms with Gasteiger partial charge in [-0.3, -0.25) is 0 Å². The van der Waals surface area contributed by atoms with Gasteiger partial charge < -0.3 is 19.1 Å². The second-order valence-electron chi connectivity index (χ2n) is 5.94. The topological polar surface area (TPSA) is 91.1 Å². The summed E-state index contributed by atoms with van der Waals surface area (Å²) in [7, 11) is -3.67. The first-order valence-corrected chi connectivity index (χ1v) is 9.48. The molecule has 0 aromatic heterocycles. The van der Waals surface area contributed by atoms with E-state index in [2.05, 4.69) is 4.90 Å². The van der Waals surface area contributed by atoms with E-state index >= 15 is 0 Å². The number of hydrogen-bond donors (Lipinski definition) is 1. The molecule has 4 rings (SSSR count). The number of ether oxygens (including phenoxy) is 3. The number of rotatable bonds is 5. The molecule has 0 spiro atoms. The maximum Gasteiger partial charge on any atom is 0.238 e. The molecule has 2 aromatic rings. The Bertz CT molecular complexity index is 913. The lowest BCUT2D eigenvalue weighted by atomic mass is 10.2. The SMILES string of the molecule is NS(=O)(=O)c1ccc2c(c1)CCN2CCOc1ccc2c(c1)OCO2. The average molecular weight is 362 g/mol. The van der Waals surface area contributed by atoms with Crippen molar-refractivity contribution in [3.63, 3.8) is 0 Å². The summed E-state index contributed by atoms with van der Waals surface area (Å²) >= 11 is 0. The van der Waals surface area contributed by atoms with Crippen molar-refractivity contribution < 1.29 is 22.6 Å². The minimum absolute atomic E-state index is 0.157. The number of fused-ring (bicyclic) bond motifs is 2. The fourth-order valence-corrected chi connectivity index (χ4v) is 3.66. The minimum atomic E-state index is -3.67. The van der Waals surface area contributed by atoms with Crippen LogP contribution in [0.4, 0.5) is 5.69 Å². The third-order valence-corrected chi connectivity index (χ3v) is 5.26. The van der Waals surface area contributed by atoms with Crippen molar-refractivity contribution in [2.75, 3.05) is 31.4 Å². The van der Waals surface area contributed by atoms with Gasteiger partial charge in [-0.25, -0.2) is 13.6 Å². The van der Waals surface area contributed by atoms with Crippen LogP contribution in [-0.4, -0.2) is 34.9 Å². The number of nitrogens with two attached hydrogens (primary N) is 1. The molecule has 0 unspecified atom stereocenters. The maximum absolute atomic E-state index is 11.4. The summed E-state index contributed by atoms with van der Waals surface area (Å²) in [6.45, 7) is 2.28. The first-order valence-electron chi connectivity index (χ1n) is 7.94. The molecule has 132 valence electrons. The molecule has 2 heterocycles. The second-order valence-corrected chi connectivity index (χ2v) is 7.50. The van der Waals surface area contributed by atoms with Crippen LogP contribution in [0.3, 0.4) is 0 Å². The van der Waals surface area contributed by atoms with Gasteiger partial charge in [0.05, 0.1) is 11.4 Å². The number of sulfonamides is 1. The number of primary sulfonamides is 1. The maximum atomic E-state index is 11.4. The molecule has 0 aliphatic carbocycles. The van der Waals surface area contributed by atoms with E-state index in [9.17, 15) is 8.42 Å². The average Bonchev–Trinajstić information content (AvgIpc) is 3.20. The van der Waals surface area contributed by atoms with Crippen LogP contribution in [0.5, 0.6) is 17.2 Å². The highest BCUT2D eigenvalue weighted by atomic mass is 32.2. The number of nitrogens with zero attached hydrogens (tertiary/aromatic N) is 1. The van der Waals surface area contributed by atoms with Gasteiger partial charge in [-0.15, -0.1) is 0 Å². The Morgan fingerprint density at radius 2 is 1.96 bits per heavy atom. The molecule has 2 aliphatic rings. The zero-order valence-corrected chi connectivity index (χ0v) is 14.3. The van der Waals surface area contributed by atoms with Crippen LogP contribution in [-0.2, 0) is 16.4 Å². The monoisotopic (exact) mass is 362 g/mol. The van der Waals surface area contributed by atoms with Crippen LogP contribution in [0.25, 0.3) is 0 Å². The Balaban J connectivity index is 1.39. The lowest BCUT2D eigenvalue weighted by Crippen LogP contribution is -2.26. The van der Waals surface area contributed by atoms with Crippen LogP contribution in [0.1, 0.15) is 5.56 Å². The predicted molar refractivity (Wildman–Crippen MR) is 91.8 cm³/mol. The lowest BCUT2D eigenvalue weighted by molar-refractivity contribution is 0.173. The van der Waals surface area contributed by atoms with Crippen LogP contribution in [0.15, 0.2) is 41.3 Å². The molecule has 0 saturated carbocycles. The summed E-state index contributed by atoms with van der Waals surface area (Å²) in [5, 5.41) is 5.19. The summed E-state index contributed by atoms with van der Waals surface area (Å²) < 4.78 is 39.3. The highest BCUT2D eigenvalue weighted by molar-refractivity contribution is 7.89. The normalized spacial score (nSPS) is 15.3. The molecule has 25 heavy (non-hydrogen) atoms. The lowest BCUT2D eigenvalue weighted by Gasteiger charge is -2.19. The van der Waals surface area contributed by atoms with Gasteiger partial charge in [-0.05, 0) is 42.3 Å². The number of hydrogen-bond acceptors (Lipinski definition) is 6. The van der Waals surface area contributed by atoms with Crippen molar-refractivity contribution in [2.45, 2.75) is 11.3 Å². The van der Waals surface area contributed by atoms with Crippen LogP contribution < -0.4 is 24.2 Å². The molecule has 0 radical (unpaired) electrons. The van der Waals surface area contributed by atoms with Gasteiger partial charge in [0.1, 0.15) is 12.4 Å². The van der Waals surface area contributed by atoms with E-state index in [0.717, 1.165) is 35.7 Å². The Labute approximate surface area is 146 Å². The van der Waals surface area contributed by atoms with Gasteiger partial charge in [0, 0.05) is 18.3 Å². The molecule has 2 aromatic carbocycles. The minimum Gasteiger partial charge on any atom is -0.492 e. The van der Waals surface area contributed by atoms with E-state index in [1.165, 1.54) is 0 Å². The van der Waals surface area contributed by atoms with Crippen molar-refractivity contribution in [1.82, 2.24) is 0 Å². The zero-order valence-electron chi connectivity index (χ0n) is 13.5. The van der Waals surface area contributed by atoms with E-state index in [1.807, 2.05) is 24.3 Å². The molecule has 0 bridgehead atoms. The summed E-state index contributed by atoms with van der Waals surface area (Å²) in [6, 6.07) is 10.5. The van der Waals surface area contributed by atoms with Gasteiger partial charge in [0.2, 0.25) is 16.8 Å². The molecule has 0 atom stereocenters. The van der Waals surface area contributed by atoms with Crippen LogP contribution >= 0.6 is 0 Å². The summed E-state index contributed by atoms with van der Waals surface area (Å²) in [4.78, 5) is 2.33. The van der Waals surface area contributed by atoms with Crippen molar-refractivity contribution in [3.8, 4) is 17.2 Å². The highest BCUT2D eigenvalue weighted by Crippen LogP contribution is 2.35. The molecule has 0 saturated heterocycles. The van der Waals surface area contributed by atoms with E-state index in [-0.39, 0.29) is 11.7 Å². The molecule has 7 nitrogen and oxygen atoms in total. The first kappa shape index (κ1) is 16.0. The number of anilines is 1. The molecular formula is C17H18N2O5S. The fraction of sp³-hybridized carbons (Fsp3) is 0.294. The largest absolute Gasteiger partial charge is 0.492 e. The Kier molecular flexibility index (Phi) is 3.93. The summed E-state index contributed by atoms with van der Waals surface area (Å²) in [5.74, 6) is 2.15. The van der Waals surface area contributed by atoms with Crippen molar-refractivity contribution in [1.29, 1.82) is 0 Å². The van der Waals surface area contributed by atoms with Gasteiger partial charge in [-0.2, -0.15) is 0 Å². The van der Waals surface area contributed by atoms with Crippen LogP contribution in [0.2, 0.25) is 0 Å². The molecule has 2 aliphatic heterocycles. The quantitative estimate of drug-likeness (QED) is 0.867. The fourth-order valence-electron chi connectivity index (χ4n) is 3.10. The van der Waals surface area contributed by atoms with E-state index in [1.54, 1.807) is 12.1 Å². The van der Waals surface area contributed by atoms with Gasteiger partial charge in [0.25, 0.3) is 0 Å². The Morgan fingerprint density at radius 1 is 1.12 bits per heavy atom. The number of benzene rings is 2. The molecule has 0 amide bonds. The molecule has 2 N–H and O–H groups in total. The highest BCUT2D eigenvalue weighted by Gasteiger charge is 2.21. The predicted octanol–water partition coefficient (Wildman–Crippen LogP) is 1.50. The smallest absolute Gasteiger partial charge is 0.238 e. The molecule has 8 heteroatoms. The van der Waals surface area contributed by atoms with Crippen LogP contribution in [0, 0.1) is 0 Å². The summed E-state index contributed by atoms with van der Waals surface area (Å²) in [6.07, 6.45) is 0.794. The summed E-state index contributed by atoms with van der Waals surface area (Å²) in [5.41, 5.74) is 2.02. The molecular weight excluding hydrogens is 344 g/mol. The zero-order chi connectivity index (χ0) is 17.4. The van der Waals surface area contributed by atoms with Crippen molar-refractivity contribution >= 4 is 15.7 Å². The van der Waals surface area contributed by atoms with Crippen molar-refractivity contribution in [2.24, 2.45) is 5.14 Å². The third kappa shape index (κ3) is 3.22. The first-order chi connectivity index (χ1) is 12.0. The van der Waals surface area contributed by atoms with E-state index in [4.69, 9.17) is 19.3 Å². The third-order valence-electron chi connectivity index (χ3n) is 4.35. The van der Waals surface area contributed by atoms with Gasteiger partial charge in [-0.1, -0.05) is 0 Å². The van der Waals surface area contributed by atoms with E-state index < -0.39 is 10.0 Å². The Morgan fingerprint density at radius 3 is 2.80 bits per heavy atom. The standard InChI is InChI=1S/C17H18N2O5S/c18-25(20,21)14-2-3-15-12(9-14)5-6-19(15)7-8-22-13-1-4-16-17(10-13)24-11-23-16/h1-4,9-10H,5-8,11H2,(H2,18,20,21). The Hall–Kier alpha value is -2.45. The van der Waals surface area contributed by atoms with E-state index in [0.29, 0.717) is 18.9 Å². The van der Waals surface area contributed by atoms with Crippen molar-refractivity contribution in [3.05, 3.63) is 42.0 Å². The van der Waals surface area contributed by atoms with Gasteiger partial charge >= 0.3 is 0 Å². The van der Waals surface area contributed by atoms with Gasteiger partial charge in [0.15, 0.2) is 11.5 Å².